The van der Waals surface area contributed by atoms with Crippen LogP contribution < -0.4 is 11.1 Å². The number of hydrogen-bond donors (Lipinski definition) is 3. The van der Waals surface area contributed by atoms with Gasteiger partial charge in [0, 0.05) is 17.3 Å². The van der Waals surface area contributed by atoms with E-state index in [1.54, 1.807) is 24.4 Å². The summed E-state index contributed by atoms with van der Waals surface area (Å²) in [5, 5.41) is 13.7. The Morgan fingerprint density at radius 3 is 3.06 bits per heavy atom. The Balaban J connectivity index is 2.07. The second kappa shape index (κ2) is 5.61. The minimum absolute atomic E-state index is 0.162. The first-order valence-corrected chi connectivity index (χ1v) is 6.27. The zero-order valence-electron chi connectivity index (χ0n) is 9.54. The molecule has 0 spiro atoms. The number of amides is 1. The van der Waals surface area contributed by atoms with Gasteiger partial charge < -0.3 is 10.8 Å². The van der Waals surface area contributed by atoms with Crippen molar-refractivity contribution in [2.24, 2.45) is 5.73 Å². The summed E-state index contributed by atoms with van der Waals surface area (Å²) >= 11 is 1.52. The van der Waals surface area contributed by atoms with Crippen LogP contribution in [0.5, 0.6) is 0 Å². The molecule has 5 nitrogen and oxygen atoms in total. The van der Waals surface area contributed by atoms with Gasteiger partial charge in [-0.15, -0.1) is 11.3 Å². The Hall–Kier alpha value is -1.92. The predicted molar refractivity (Wildman–Crippen MR) is 70.8 cm³/mol. The summed E-state index contributed by atoms with van der Waals surface area (Å²) in [7, 11) is 0. The third-order valence-corrected chi connectivity index (χ3v) is 3.31. The molecule has 4 N–H and O–H groups in total. The lowest BCUT2D eigenvalue weighted by molar-refractivity contribution is 0.210. The molecule has 1 atom stereocenters. The van der Waals surface area contributed by atoms with Crippen molar-refractivity contribution in [3.05, 3.63) is 46.4 Å². The van der Waals surface area contributed by atoms with E-state index < -0.39 is 6.09 Å². The first-order valence-electron chi connectivity index (χ1n) is 5.39. The molecule has 1 unspecified atom stereocenters. The molecule has 0 aliphatic heterocycles. The summed E-state index contributed by atoms with van der Waals surface area (Å²) in [6, 6.07) is 7.04. The fourth-order valence-corrected chi connectivity index (χ4v) is 2.30. The van der Waals surface area contributed by atoms with Crippen molar-refractivity contribution in [2.45, 2.75) is 12.5 Å². The molecule has 2 rings (SSSR count). The fraction of sp³-hybridized carbons (Fsp3) is 0.167. The Morgan fingerprint density at radius 2 is 2.39 bits per heavy atom. The number of nitrogens with one attached hydrogen (secondary N) is 1. The van der Waals surface area contributed by atoms with Gasteiger partial charge in [-0.25, -0.2) is 9.78 Å². The minimum atomic E-state index is -1.07. The van der Waals surface area contributed by atoms with Gasteiger partial charge in [0.25, 0.3) is 0 Å². The third-order valence-electron chi connectivity index (χ3n) is 2.40. The maximum Gasteiger partial charge on any atom is 0.409 e. The van der Waals surface area contributed by atoms with Crippen LogP contribution in [-0.4, -0.2) is 16.2 Å². The Morgan fingerprint density at radius 1 is 1.56 bits per heavy atom. The number of anilines is 1. The zero-order chi connectivity index (χ0) is 13.0. The zero-order valence-corrected chi connectivity index (χ0v) is 10.4. The van der Waals surface area contributed by atoms with Gasteiger partial charge in [-0.1, -0.05) is 12.1 Å². The number of thiazole rings is 1. The number of benzene rings is 1. The van der Waals surface area contributed by atoms with Crippen molar-refractivity contribution < 1.29 is 9.90 Å². The van der Waals surface area contributed by atoms with Gasteiger partial charge >= 0.3 is 6.09 Å². The highest BCUT2D eigenvalue weighted by atomic mass is 32.1. The van der Waals surface area contributed by atoms with Crippen LogP contribution in [0.15, 0.2) is 35.8 Å². The summed E-state index contributed by atoms with van der Waals surface area (Å²) in [5.74, 6) is 0. The van der Waals surface area contributed by atoms with Gasteiger partial charge in [-0.05, 0) is 24.1 Å². The molecule has 2 aromatic rings. The van der Waals surface area contributed by atoms with Crippen molar-refractivity contribution in [1.29, 1.82) is 0 Å². The highest BCUT2D eigenvalue weighted by Gasteiger charge is 2.10. The van der Waals surface area contributed by atoms with E-state index in [1.165, 1.54) is 11.3 Å². The van der Waals surface area contributed by atoms with Gasteiger partial charge in [-0.3, -0.25) is 5.32 Å². The van der Waals surface area contributed by atoms with E-state index in [4.69, 9.17) is 10.8 Å². The smallest absolute Gasteiger partial charge is 0.409 e. The van der Waals surface area contributed by atoms with Crippen LogP contribution in [0, 0.1) is 0 Å². The number of nitrogens with zero attached hydrogens (tertiary/aromatic N) is 1. The number of rotatable bonds is 4. The molecule has 6 heteroatoms. The van der Waals surface area contributed by atoms with E-state index in [2.05, 4.69) is 10.3 Å². The molecule has 0 saturated carbocycles. The average Bonchev–Trinajstić information content (AvgIpc) is 2.81. The number of carbonyl (C=O) groups is 1. The van der Waals surface area contributed by atoms with Gasteiger partial charge in [0.05, 0.1) is 6.04 Å². The van der Waals surface area contributed by atoms with E-state index in [0.29, 0.717) is 12.1 Å². The van der Waals surface area contributed by atoms with E-state index in [9.17, 15) is 4.79 Å². The van der Waals surface area contributed by atoms with Crippen molar-refractivity contribution >= 4 is 23.1 Å². The molecule has 0 fully saturated rings. The largest absolute Gasteiger partial charge is 0.465 e. The van der Waals surface area contributed by atoms with Crippen molar-refractivity contribution in [3.63, 3.8) is 0 Å². The molecule has 0 bridgehead atoms. The van der Waals surface area contributed by atoms with E-state index in [-0.39, 0.29) is 6.04 Å². The average molecular weight is 263 g/mol. The van der Waals surface area contributed by atoms with Gasteiger partial charge in [0.15, 0.2) is 0 Å². The monoisotopic (exact) mass is 263 g/mol. The lowest BCUT2D eigenvalue weighted by Gasteiger charge is -2.09. The van der Waals surface area contributed by atoms with Gasteiger partial charge in [0.2, 0.25) is 0 Å². The molecule has 1 aromatic heterocycles. The second-order valence-electron chi connectivity index (χ2n) is 3.81. The topological polar surface area (TPSA) is 88.2 Å². The van der Waals surface area contributed by atoms with E-state index >= 15 is 0 Å². The van der Waals surface area contributed by atoms with E-state index in [0.717, 1.165) is 10.6 Å². The molecule has 1 amide bonds. The first kappa shape index (κ1) is 12.5. The second-order valence-corrected chi connectivity index (χ2v) is 4.74. The molecule has 0 radical (unpaired) electrons. The molecule has 18 heavy (non-hydrogen) atoms. The van der Waals surface area contributed by atoms with Crippen LogP contribution >= 0.6 is 11.3 Å². The Bertz CT molecular complexity index is 528. The number of nitrogens with two attached hydrogens (primary N) is 1. The van der Waals surface area contributed by atoms with E-state index in [1.807, 2.05) is 11.4 Å². The summed E-state index contributed by atoms with van der Waals surface area (Å²) in [6.45, 7) is 0. The molecule has 0 aliphatic rings. The van der Waals surface area contributed by atoms with Gasteiger partial charge in [-0.2, -0.15) is 0 Å². The standard InChI is InChI=1S/C12H13N3O2S/c13-10(11-14-4-5-18-11)7-8-2-1-3-9(6-8)15-12(16)17/h1-6,10,15H,7,13H2,(H,16,17). The lowest BCUT2D eigenvalue weighted by Crippen LogP contribution is -2.13. The minimum Gasteiger partial charge on any atom is -0.465 e. The molecule has 94 valence electrons. The number of hydrogen-bond acceptors (Lipinski definition) is 4. The van der Waals surface area contributed by atoms with Crippen molar-refractivity contribution in [1.82, 2.24) is 4.98 Å². The lowest BCUT2D eigenvalue weighted by atomic mass is 10.1. The van der Waals surface area contributed by atoms with Crippen molar-refractivity contribution in [3.8, 4) is 0 Å². The number of carboxylic acid groups (broad SMARTS) is 1. The number of aromatic nitrogens is 1. The quantitative estimate of drug-likeness (QED) is 0.790. The molecular formula is C12H13N3O2S. The SMILES string of the molecule is NC(Cc1cccc(NC(=O)O)c1)c1nccs1. The van der Waals surface area contributed by atoms with Gasteiger partial charge in [0.1, 0.15) is 5.01 Å². The predicted octanol–water partition coefficient (Wildman–Crippen LogP) is 2.48. The highest BCUT2D eigenvalue weighted by Crippen LogP contribution is 2.20. The van der Waals surface area contributed by atoms with Crippen LogP contribution in [0.3, 0.4) is 0 Å². The molecule has 1 aromatic carbocycles. The summed E-state index contributed by atoms with van der Waals surface area (Å²) in [4.78, 5) is 14.7. The Kier molecular flexibility index (Phi) is 3.91. The summed E-state index contributed by atoms with van der Waals surface area (Å²) in [5.41, 5.74) is 7.56. The molecule has 0 aliphatic carbocycles. The van der Waals surface area contributed by atoms with Crippen LogP contribution in [0.1, 0.15) is 16.6 Å². The maximum absolute atomic E-state index is 10.5. The van der Waals surface area contributed by atoms with Crippen LogP contribution in [-0.2, 0) is 6.42 Å². The van der Waals surface area contributed by atoms with Crippen LogP contribution in [0.25, 0.3) is 0 Å². The van der Waals surface area contributed by atoms with Crippen LogP contribution in [0.2, 0.25) is 0 Å². The fourth-order valence-electron chi connectivity index (χ4n) is 1.66. The first-order chi connectivity index (χ1) is 8.65. The summed E-state index contributed by atoms with van der Waals surface area (Å²) in [6.07, 6.45) is 1.28. The van der Waals surface area contributed by atoms with Crippen molar-refractivity contribution in [2.75, 3.05) is 5.32 Å². The third kappa shape index (κ3) is 3.28. The Labute approximate surface area is 108 Å². The highest BCUT2D eigenvalue weighted by molar-refractivity contribution is 7.09. The molecular weight excluding hydrogens is 250 g/mol. The summed E-state index contributed by atoms with van der Waals surface area (Å²) < 4.78 is 0. The molecule has 0 saturated heterocycles. The molecule has 1 heterocycles. The normalized spacial score (nSPS) is 12.1. The maximum atomic E-state index is 10.5. The van der Waals surface area contributed by atoms with Crippen LogP contribution in [0.4, 0.5) is 10.5 Å².